The van der Waals surface area contributed by atoms with E-state index in [0.717, 1.165) is 5.56 Å². The summed E-state index contributed by atoms with van der Waals surface area (Å²) in [6.45, 7) is 0.182. The summed E-state index contributed by atoms with van der Waals surface area (Å²) < 4.78 is 0. The molecule has 0 aliphatic carbocycles. The minimum atomic E-state index is -0.435. The monoisotopic (exact) mass is 254 g/mol. The number of nitrogens with two attached hydrogens (primary N) is 1. The van der Waals surface area contributed by atoms with Gasteiger partial charge in [-0.15, -0.1) is 0 Å². The number of rotatable bonds is 2. The topological polar surface area (TPSA) is 87.5 Å². The molecule has 1 aromatic carbocycles. The number of urea groups is 1. The van der Waals surface area contributed by atoms with Gasteiger partial charge >= 0.3 is 6.03 Å². The number of nitrogens with one attached hydrogen (secondary N) is 2. The lowest BCUT2D eigenvalue weighted by Gasteiger charge is -2.29. The minimum absolute atomic E-state index is 0.104. The minimum Gasteiger partial charge on any atom is -0.311 e. The molecule has 0 fully saturated rings. The Bertz CT molecular complexity index is 477. The molecule has 0 saturated heterocycles. The number of nitrogens with zero attached hydrogens (tertiary/aromatic N) is 1. The van der Waals surface area contributed by atoms with E-state index < -0.39 is 5.91 Å². The maximum atomic E-state index is 11.7. The van der Waals surface area contributed by atoms with Crippen LogP contribution in [-0.2, 0) is 11.3 Å². The maximum absolute atomic E-state index is 11.7. The summed E-state index contributed by atoms with van der Waals surface area (Å²) in [5.41, 5.74) is 3.44. The molecule has 90 valence electrons. The summed E-state index contributed by atoms with van der Waals surface area (Å²) in [4.78, 5) is 24.1. The largest absolute Gasteiger partial charge is 0.322 e. The quantitative estimate of drug-likeness (QED) is 0.412. The first kappa shape index (κ1) is 11.7. The van der Waals surface area contributed by atoms with Crippen LogP contribution in [0.25, 0.3) is 0 Å². The first-order chi connectivity index (χ1) is 8.11. The molecule has 1 aliphatic rings. The Morgan fingerprint density at radius 3 is 3.06 bits per heavy atom. The Morgan fingerprint density at radius 1 is 1.59 bits per heavy atom. The van der Waals surface area contributed by atoms with Crippen LogP contribution in [0.4, 0.5) is 10.5 Å². The second kappa shape index (κ2) is 4.60. The number of halogens is 1. The molecule has 7 heteroatoms. The van der Waals surface area contributed by atoms with Crippen molar-refractivity contribution < 1.29 is 9.59 Å². The van der Waals surface area contributed by atoms with Crippen molar-refractivity contribution in [1.82, 2.24) is 10.3 Å². The van der Waals surface area contributed by atoms with Gasteiger partial charge < -0.3 is 10.2 Å². The van der Waals surface area contributed by atoms with Gasteiger partial charge in [-0.1, -0.05) is 17.7 Å². The number of anilines is 1. The van der Waals surface area contributed by atoms with Gasteiger partial charge in [0.15, 0.2) is 0 Å². The van der Waals surface area contributed by atoms with Crippen molar-refractivity contribution in [1.29, 1.82) is 0 Å². The van der Waals surface area contributed by atoms with E-state index in [2.05, 4.69) is 5.32 Å². The molecule has 1 heterocycles. The molecule has 3 amide bonds. The summed E-state index contributed by atoms with van der Waals surface area (Å²) in [6, 6.07) is 4.91. The smallest absolute Gasteiger partial charge is 0.311 e. The van der Waals surface area contributed by atoms with E-state index >= 15 is 0 Å². The highest BCUT2D eigenvalue weighted by atomic mass is 35.5. The normalized spacial score (nSPS) is 14.0. The van der Waals surface area contributed by atoms with Crippen LogP contribution in [0.2, 0.25) is 5.02 Å². The molecular weight excluding hydrogens is 244 g/mol. The highest BCUT2D eigenvalue weighted by Gasteiger charge is 2.25. The van der Waals surface area contributed by atoms with Crippen LogP contribution >= 0.6 is 11.6 Å². The lowest BCUT2D eigenvalue weighted by molar-refractivity contribution is -0.121. The fourth-order valence-electron chi connectivity index (χ4n) is 1.64. The van der Waals surface area contributed by atoms with Gasteiger partial charge in [-0.05, 0) is 12.1 Å². The summed E-state index contributed by atoms with van der Waals surface area (Å²) in [5.74, 6) is 4.54. The number of benzene rings is 1. The van der Waals surface area contributed by atoms with E-state index in [-0.39, 0.29) is 19.1 Å². The van der Waals surface area contributed by atoms with Crippen molar-refractivity contribution in [3.8, 4) is 0 Å². The van der Waals surface area contributed by atoms with E-state index in [0.29, 0.717) is 10.7 Å². The summed E-state index contributed by atoms with van der Waals surface area (Å²) in [6.07, 6.45) is 0. The average molecular weight is 255 g/mol. The summed E-state index contributed by atoms with van der Waals surface area (Å²) >= 11 is 6.02. The molecule has 17 heavy (non-hydrogen) atoms. The van der Waals surface area contributed by atoms with Crippen molar-refractivity contribution in [2.24, 2.45) is 5.84 Å². The SMILES string of the molecule is NNC(=O)CN1Cc2c(Cl)cccc2NC1=O. The third kappa shape index (κ3) is 2.32. The highest BCUT2D eigenvalue weighted by Crippen LogP contribution is 2.29. The number of carbonyl (C=O) groups excluding carboxylic acids is 2. The van der Waals surface area contributed by atoms with E-state index in [1.165, 1.54) is 4.90 Å². The number of hydrazine groups is 1. The fourth-order valence-corrected chi connectivity index (χ4v) is 1.87. The van der Waals surface area contributed by atoms with Crippen LogP contribution in [0.1, 0.15) is 5.56 Å². The summed E-state index contributed by atoms with van der Waals surface area (Å²) in [5, 5.41) is 3.22. The number of hydrogen-bond donors (Lipinski definition) is 3. The van der Waals surface area contributed by atoms with E-state index in [1.807, 2.05) is 5.43 Å². The fraction of sp³-hybridized carbons (Fsp3) is 0.200. The zero-order chi connectivity index (χ0) is 12.4. The Labute approximate surface area is 103 Å². The maximum Gasteiger partial charge on any atom is 0.322 e. The molecule has 1 aliphatic heterocycles. The van der Waals surface area contributed by atoms with Crippen LogP contribution in [0.5, 0.6) is 0 Å². The van der Waals surface area contributed by atoms with Crippen LogP contribution < -0.4 is 16.6 Å². The van der Waals surface area contributed by atoms with Gasteiger partial charge in [-0.3, -0.25) is 10.2 Å². The third-order valence-corrected chi connectivity index (χ3v) is 2.85. The van der Waals surface area contributed by atoms with Crippen molar-refractivity contribution >= 4 is 29.2 Å². The predicted octanol–water partition coefficient (Wildman–Crippen LogP) is 0.677. The van der Waals surface area contributed by atoms with Crippen molar-refractivity contribution in [3.63, 3.8) is 0 Å². The Kier molecular flexibility index (Phi) is 3.16. The Morgan fingerprint density at radius 2 is 2.35 bits per heavy atom. The lowest BCUT2D eigenvalue weighted by Crippen LogP contribution is -2.46. The van der Waals surface area contributed by atoms with Gasteiger partial charge in [0, 0.05) is 16.3 Å². The molecule has 1 aromatic rings. The predicted molar refractivity (Wildman–Crippen MR) is 63.2 cm³/mol. The number of hydrogen-bond acceptors (Lipinski definition) is 3. The number of amides is 3. The van der Waals surface area contributed by atoms with Crippen LogP contribution in [-0.4, -0.2) is 23.4 Å². The molecule has 6 nitrogen and oxygen atoms in total. The van der Waals surface area contributed by atoms with Crippen LogP contribution in [0.3, 0.4) is 0 Å². The molecule has 4 N–H and O–H groups in total. The van der Waals surface area contributed by atoms with Crippen molar-refractivity contribution in [3.05, 3.63) is 28.8 Å². The van der Waals surface area contributed by atoms with Crippen LogP contribution in [0, 0.1) is 0 Å². The van der Waals surface area contributed by atoms with Crippen molar-refractivity contribution in [2.45, 2.75) is 6.54 Å². The van der Waals surface area contributed by atoms with Gasteiger partial charge in [0.1, 0.15) is 6.54 Å². The van der Waals surface area contributed by atoms with E-state index in [1.54, 1.807) is 18.2 Å². The van der Waals surface area contributed by atoms with Gasteiger partial charge in [-0.2, -0.15) is 0 Å². The summed E-state index contributed by atoms with van der Waals surface area (Å²) in [7, 11) is 0. The standard InChI is InChI=1S/C10H11ClN4O2/c11-7-2-1-3-8-6(7)4-15(10(17)13-8)5-9(16)14-12/h1-3H,4-5,12H2,(H,13,17)(H,14,16). The van der Waals surface area contributed by atoms with Gasteiger partial charge in [-0.25, -0.2) is 10.6 Å². The molecular formula is C10H11ClN4O2. The van der Waals surface area contributed by atoms with Gasteiger partial charge in [0.05, 0.1) is 6.54 Å². The van der Waals surface area contributed by atoms with E-state index in [4.69, 9.17) is 17.4 Å². The molecule has 0 unspecified atom stereocenters. The van der Waals surface area contributed by atoms with Gasteiger partial charge in [0.2, 0.25) is 0 Å². The molecule has 2 rings (SSSR count). The van der Waals surface area contributed by atoms with Gasteiger partial charge in [0.25, 0.3) is 5.91 Å². The Hall–Kier alpha value is -1.79. The molecule has 0 radical (unpaired) electrons. The number of carbonyl (C=O) groups is 2. The highest BCUT2D eigenvalue weighted by molar-refractivity contribution is 6.32. The molecule has 0 bridgehead atoms. The molecule has 0 spiro atoms. The zero-order valence-corrected chi connectivity index (χ0v) is 9.62. The Balaban J connectivity index is 2.23. The zero-order valence-electron chi connectivity index (χ0n) is 8.87. The third-order valence-electron chi connectivity index (χ3n) is 2.49. The number of fused-ring (bicyclic) bond motifs is 1. The molecule has 0 saturated carbocycles. The molecule has 0 atom stereocenters. The van der Waals surface area contributed by atoms with Crippen LogP contribution in [0.15, 0.2) is 18.2 Å². The second-order valence-electron chi connectivity index (χ2n) is 3.62. The van der Waals surface area contributed by atoms with Crippen molar-refractivity contribution in [2.75, 3.05) is 11.9 Å². The van der Waals surface area contributed by atoms with E-state index in [9.17, 15) is 9.59 Å². The second-order valence-corrected chi connectivity index (χ2v) is 4.03. The first-order valence-corrected chi connectivity index (χ1v) is 5.32. The molecule has 0 aromatic heterocycles. The first-order valence-electron chi connectivity index (χ1n) is 4.94. The lowest BCUT2D eigenvalue weighted by atomic mass is 10.1. The average Bonchev–Trinajstić information content (AvgIpc) is 2.31.